The normalized spacial score (nSPS) is 10.7. The molecule has 0 radical (unpaired) electrons. The van der Waals surface area contributed by atoms with Crippen LogP contribution in [0.5, 0.6) is 11.5 Å². The lowest BCUT2D eigenvalue weighted by Gasteiger charge is -2.08. The van der Waals surface area contributed by atoms with Crippen LogP contribution in [-0.2, 0) is 4.79 Å². The third-order valence-corrected chi connectivity index (χ3v) is 3.90. The van der Waals surface area contributed by atoms with Crippen molar-refractivity contribution in [2.24, 2.45) is 5.10 Å². The number of aryl methyl sites for hydroxylation is 2. The summed E-state index contributed by atoms with van der Waals surface area (Å²) in [5.74, 6) is 1.12. The van der Waals surface area contributed by atoms with Crippen LogP contribution >= 0.6 is 15.9 Å². The van der Waals surface area contributed by atoms with Crippen LogP contribution in [0.4, 0.5) is 0 Å². The lowest BCUT2D eigenvalue weighted by atomic mass is 10.1. The van der Waals surface area contributed by atoms with Gasteiger partial charge >= 0.3 is 0 Å². The zero-order valence-electron chi connectivity index (χ0n) is 13.8. The first-order chi connectivity index (χ1) is 11.5. The molecule has 0 aromatic heterocycles. The van der Waals surface area contributed by atoms with Crippen LogP contribution in [-0.4, -0.2) is 25.8 Å². The summed E-state index contributed by atoms with van der Waals surface area (Å²) in [6.07, 6.45) is 1.56. The number of methoxy groups -OCH3 is 1. The molecule has 2 aromatic carbocycles. The molecule has 5 nitrogen and oxygen atoms in total. The molecule has 0 heterocycles. The Morgan fingerprint density at radius 2 is 2.00 bits per heavy atom. The molecule has 2 aromatic rings. The fourth-order valence-electron chi connectivity index (χ4n) is 1.98. The highest BCUT2D eigenvalue weighted by Crippen LogP contribution is 2.24. The quantitative estimate of drug-likeness (QED) is 0.605. The van der Waals surface area contributed by atoms with Gasteiger partial charge in [0, 0.05) is 0 Å². The molecule has 0 saturated carbocycles. The molecule has 0 unspecified atom stereocenters. The van der Waals surface area contributed by atoms with Gasteiger partial charge in [0.2, 0.25) is 0 Å². The van der Waals surface area contributed by atoms with Crippen molar-refractivity contribution in [3.63, 3.8) is 0 Å². The molecule has 0 aliphatic heterocycles. The van der Waals surface area contributed by atoms with Gasteiger partial charge in [-0.25, -0.2) is 5.43 Å². The monoisotopic (exact) mass is 390 g/mol. The molecule has 0 fully saturated rings. The van der Waals surface area contributed by atoms with E-state index in [4.69, 9.17) is 9.47 Å². The van der Waals surface area contributed by atoms with Gasteiger partial charge in [0.1, 0.15) is 11.5 Å². The van der Waals surface area contributed by atoms with Gasteiger partial charge < -0.3 is 9.47 Å². The summed E-state index contributed by atoms with van der Waals surface area (Å²) in [7, 11) is 1.60. The topological polar surface area (TPSA) is 59.9 Å². The van der Waals surface area contributed by atoms with Gasteiger partial charge in [-0.2, -0.15) is 5.10 Å². The van der Waals surface area contributed by atoms with E-state index in [1.807, 2.05) is 50.2 Å². The minimum absolute atomic E-state index is 0.0893. The second-order valence-corrected chi connectivity index (χ2v) is 6.10. The Hall–Kier alpha value is -2.34. The van der Waals surface area contributed by atoms with Crippen LogP contribution < -0.4 is 14.9 Å². The Bertz CT molecular complexity index is 760. The molecule has 1 amide bonds. The van der Waals surface area contributed by atoms with Crippen LogP contribution in [0.2, 0.25) is 0 Å². The van der Waals surface area contributed by atoms with Gasteiger partial charge in [0.05, 0.1) is 17.8 Å². The minimum atomic E-state index is -0.320. The predicted octanol–water partition coefficient (Wildman–Crippen LogP) is 3.60. The van der Waals surface area contributed by atoms with Gasteiger partial charge in [-0.05, 0) is 70.7 Å². The molecule has 0 saturated heterocycles. The van der Waals surface area contributed by atoms with Gasteiger partial charge in [-0.15, -0.1) is 0 Å². The molecule has 0 aliphatic carbocycles. The van der Waals surface area contributed by atoms with Gasteiger partial charge in [-0.3, -0.25) is 4.79 Å². The number of hydrogen-bond acceptors (Lipinski definition) is 4. The molecular formula is C18H19BrN2O3. The smallest absolute Gasteiger partial charge is 0.277 e. The summed E-state index contributed by atoms with van der Waals surface area (Å²) in [5.41, 5.74) is 5.34. The summed E-state index contributed by atoms with van der Waals surface area (Å²) in [6.45, 7) is 3.82. The van der Waals surface area contributed by atoms with Crippen molar-refractivity contribution in [2.45, 2.75) is 13.8 Å². The highest BCUT2D eigenvalue weighted by Gasteiger charge is 2.04. The summed E-state index contributed by atoms with van der Waals surface area (Å²) >= 11 is 3.40. The Balaban J connectivity index is 1.86. The van der Waals surface area contributed by atoms with E-state index < -0.39 is 0 Å². The first kappa shape index (κ1) is 18.0. The summed E-state index contributed by atoms with van der Waals surface area (Å²) < 4.78 is 11.5. The first-order valence-corrected chi connectivity index (χ1v) is 8.14. The third-order valence-electron chi connectivity index (χ3n) is 3.28. The number of nitrogens with one attached hydrogen (secondary N) is 1. The van der Waals surface area contributed by atoms with Crippen molar-refractivity contribution in [1.82, 2.24) is 5.43 Å². The summed E-state index contributed by atoms with van der Waals surface area (Å²) in [4.78, 5) is 11.8. The fraction of sp³-hybridized carbons (Fsp3) is 0.222. The number of amides is 1. The Morgan fingerprint density at radius 1 is 1.21 bits per heavy atom. The standard InChI is InChI=1S/C18H19BrN2O3/c1-12-4-5-13(2)17(8-12)24-11-18(22)21-20-10-14-6-7-16(23-3)15(19)9-14/h4-10H,11H2,1-3H3,(H,21,22)/b20-10+. The molecule has 0 aliphatic rings. The average molecular weight is 391 g/mol. The van der Waals surface area contributed by atoms with E-state index in [0.29, 0.717) is 5.75 Å². The van der Waals surface area contributed by atoms with E-state index in [2.05, 4.69) is 26.5 Å². The highest BCUT2D eigenvalue weighted by atomic mass is 79.9. The third kappa shape index (κ3) is 5.09. The summed E-state index contributed by atoms with van der Waals surface area (Å²) in [5, 5.41) is 3.92. The number of carbonyl (C=O) groups excluding carboxylic acids is 1. The predicted molar refractivity (Wildman–Crippen MR) is 97.8 cm³/mol. The highest BCUT2D eigenvalue weighted by molar-refractivity contribution is 9.10. The van der Waals surface area contributed by atoms with E-state index >= 15 is 0 Å². The maximum atomic E-state index is 11.8. The van der Waals surface area contributed by atoms with Crippen LogP contribution in [0, 0.1) is 13.8 Å². The van der Waals surface area contributed by atoms with Gasteiger partial charge in [0.15, 0.2) is 6.61 Å². The van der Waals surface area contributed by atoms with E-state index in [1.165, 1.54) is 0 Å². The lowest BCUT2D eigenvalue weighted by Crippen LogP contribution is -2.24. The molecule has 6 heteroatoms. The Morgan fingerprint density at radius 3 is 2.71 bits per heavy atom. The Kier molecular flexibility index (Phi) is 6.37. The van der Waals surface area contributed by atoms with E-state index in [0.717, 1.165) is 26.9 Å². The summed E-state index contributed by atoms with van der Waals surface area (Å²) in [6, 6.07) is 11.4. The Labute approximate surface area is 149 Å². The van der Waals surface area contributed by atoms with Crippen molar-refractivity contribution in [3.05, 3.63) is 57.6 Å². The largest absolute Gasteiger partial charge is 0.496 e. The van der Waals surface area contributed by atoms with E-state index in [-0.39, 0.29) is 12.5 Å². The molecular weight excluding hydrogens is 372 g/mol. The molecule has 126 valence electrons. The number of hydrogen-bond donors (Lipinski definition) is 1. The molecule has 0 bridgehead atoms. The lowest BCUT2D eigenvalue weighted by molar-refractivity contribution is -0.123. The zero-order chi connectivity index (χ0) is 17.5. The van der Waals surface area contributed by atoms with E-state index in [9.17, 15) is 4.79 Å². The molecule has 1 N–H and O–H groups in total. The number of nitrogens with zero attached hydrogens (tertiary/aromatic N) is 1. The second kappa shape index (κ2) is 8.49. The van der Waals surface area contributed by atoms with Crippen molar-refractivity contribution in [3.8, 4) is 11.5 Å². The molecule has 2 rings (SSSR count). The van der Waals surface area contributed by atoms with Crippen molar-refractivity contribution in [2.75, 3.05) is 13.7 Å². The van der Waals surface area contributed by atoms with Crippen LogP contribution in [0.1, 0.15) is 16.7 Å². The fourth-order valence-corrected chi connectivity index (χ4v) is 2.54. The van der Waals surface area contributed by atoms with Crippen molar-refractivity contribution >= 4 is 28.1 Å². The minimum Gasteiger partial charge on any atom is -0.496 e. The second-order valence-electron chi connectivity index (χ2n) is 5.24. The molecule has 24 heavy (non-hydrogen) atoms. The van der Waals surface area contributed by atoms with Gasteiger partial charge in [-0.1, -0.05) is 12.1 Å². The van der Waals surface area contributed by atoms with Crippen LogP contribution in [0.3, 0.4) is 0 Å². The van der Waals surface area contributed by atoms with Crippen LogP contribution in [0.15, 0.2) is 46.0 Å². The number of carbonyl (C=O) groups is 1. The zero-order valence-corrected chi connectivity index (χ0v) is 15.4. The SMILES string of the molecule is COc1ccc(/C=N/NC(=O)COc2cc(C)ccc2C)cc1Br. The number of hydrazone groups is 1. The van der Waals surface area contributed by atoms with Crippen molar-refractivity contribution < 1.29 is 14.3 Å². The number of benzene rings is 2. The van der Waals surface area contributed by atoms with Crippen molar-refractivity contribution in [1.29, 1.82) is 0 Å². The maximum Gasteiger partial charge on any atom is 0.277 e. The maximum absolute atomic E-state index is 11.8. The number of ether oxygens (including phenoxy) is 2. The molecule has 0 atom stereocenters. The van der Waals surface area contributed by atoms with E-state index in [1.54, 1.807) is 13.3 Å². The number of halogens is 1. The average Bonchev–Trinajstić information content (AvgIpc) is 2.56. The molecule has 0 spiro atoms. The van der Waals surface area contributed by atoms with Crippen LogP contribution in [0.25, 0.3) is 0 Å². The number of rotatable bonds is 6. The van der Waals surface area contributed by atoms with Gasteiger partial charge in [0.25, 0.3) is 5.91 Å². The first-order valence-electron chi connectivity index (χ1n) is 7.35.